The van der Waals surface area contributed by atoms with Crippen molar-refractivity contribution in [2.24, 2.45) is 5.92 Å². The highest BCUT2D eigenvalue weighted by Gasteiger charge is 2.35. The van der Waals surface area contributed by atoms with Gasteiger partial charge in [-0.25, -0.2) is 4.79 Å². The van der Waals surface area contributed by atoms with E-state index in [9.17, 15) is 4.79 Å². The first kappa shape index (κ1) is 8.37. The highest BCUT2D eigenvalue weighted by Crippen LogP contribution is 2.23. The van der Waals surface area contributed by atoms with Crippen LogP contribution in [0.2, 0.25) is 0 Å². The van der Waals surface area contributed by atoms with Crippen LogP contribution < -0.4 is 5.32 Å². The molecule has 1 amide bonds. The fourth-order valence-electron chi connectivity index (χ4n) is 1.53. The molecule has 64 valence electrons. The molecule has 3 nitrogen and oxygen atoms in total. The maximum absolute atomic E-state index is 10.7. The molecule has 1 N–H and O–H groups in total. The van der Waals surface area contributed by atoms with Crippen LogP contribution in [0.1, 0.15) is 27.2 Å². The fourth-order valence-corrected chi connectivity index (χ4v) is 1.53. The molecule has 0 aliphatic carbocycles. The van der Waals surface area contributed by atoms with Crippen LogP contribution in [0.25, 0.3) is 0 Å². The lowest BCUT2D eigenvalue weighted by atomic mass is 9.95. The molecule has 1 fully saturated rings. The van der Waals surface area contributed by atoms with Gasteiger partial charge in [0.05, 0.1) is 6.54 Å². The number of rotatable bonds is 2. The average Bonchev–Trinajstić information content (AvgIpc) is 2.08. The summed E-state index contributed by atoms with van der Waals surface area (Å²) >= 11 is 0. The van der Waals surface area contributed by atoms with Gasteiger partial charge in [-0.15, -0.1) is 0 Å². The van der Waals surface area contributed by atoms with Crippen molar-refractivity contribution < 1.29 is 9.53 Å². The lowest BCUT2D eigenvalue weighted by molar-refractivity contribution is 0.0551. The summed E-state index contributed by atoms with van der Waals surface area (Å²) in [7, 11) is 0. The van der Waals surface area contributed by atoms with Crippen LogP contribution in [0.5, 0.6) is 0 Å². The molecule has 1 atom stereocenters. The second kappa shape index (κ2) is 2.72. The molecule has 0 spiro atoms. The Hall–Kier alpha value is -0.730. The number of ether oxygens (including phenoxy) is 1. The van der Waals surface area contributed by atoms with Gasteiger partial charge in [0.25, 0.3) is 0 Å². The van der Waals surface area contributed by atoms with E-state index in [4.69, 9.17) is 4.74 Å². The van der Waals surface area contributed by atoms with Gasteiger partial charge >= 0.3 is 6.09 Å². The molecule has 1 rings (SSSR count). The molecule has 1 saturated heterocycles. The summed E-state index contributed by atoms with van der Waals surface area (Å²) in [6.07, 6.45) is 0.638. The Morgan fingerprint density at radius 2 is 2.36 bits per heavy atom. The van der Waals surface area contributed by atoms with Crippen molar-refractivity contribution in [1.82, 2.24) is 5.32 Å². The molecule has 1 aliphatic heterocycles. The summed E-state index contributed by atoms with van der Waals surface area (Å²) in [5.41, 5.74) is -0.273. The van der Waals surface area contributed by atoms with E-state index in [0.717, 1.165) is 6.42 Å². The van der Waals surface area contributed by atoms with Crippen LogP contribution in [0.15, 0.2) is 0 Å². The van der Waals surface area contributed by atoms with E-state index >= 15 is 0 Å². The van der Waals surface area contributed by atoms with Crippen molar-refractivity contribution in [3.8, 4) is 0 Å². The predicted octanol–water partition coefficient (Wildman–Crippen LogP) is 1.53. The summed E-state index contributed by atoms with van der Waals surface area (Å²) in [5, 5.41) is 2.65. The van der Waals surface area contributed by atoms with Gasteiger partial charge in [-0.05, 0) is 19.3 Å². The third-order valence-corrected chi connectivity index (χ3v) is 1.79. The van der Waals surface area contributed by atoms with Gasteiger partial charge in [0.2, 0.25) is 0 Å². The van der Waals surface area contributed by atoms with Crippen molar-refractivity contribution in [2.45, 2.75) is 32.8 Å². The smallest absolute Gasteiger partial charge is 0.407 e. The van der Waals surface area contributed by atoms with Crippen molar-refractivity contribution in [2.75, 3.05) is 6.54 Å². The van der Waals surface area contributed by atoms with E-state index < -0.39 is 0 Å². The van der Waals surface area contributed by atoms with Gasteiger partial charge in [-0.2, -0.15) is 0 Å². The Balaban J connectivity index is 2.48. The molecule has 0 unspecified atom stereocenters. The number of hydrogen-bond acceptors (Lipinski definition) is 2. The number of alkyl carbamates (subject to hydrolysis) is 1. The van der Waals surface area contributed by atoms with Gasteiger partial charge in [0.1, 0.15) is 5.60 Å². The fraction of sp³-hybridized carbons (Fsp3) is 0.875. The number of hydrogen-bond donors (Lipinski definition) is 1. The van der Waals surface area contributed by atoms with Gasteiger partial charge in [0, 0.05) is 0 Å². The molecular weight excluding hydrogens is 142 g/mol. The molecule has 0 aromatic carbocycles. The number of carbonyl (C=O) groups excluding carboxylic acids is 1. The third kappa shape index (κ3) is 2.10. The van der Waals surface area contributed by atoms with Crippen molar-refractivity contribution >= 4 is 6.09 Å². The molecule has 11 heavy (non-hydrogen) atoms. The van der Waals surface area contributed by atoms with Crippen LogP contribution in [0, 0.1) is 5.92 Å². The van der Waals surface area contributed by atoms with E-state index in [2.05, 4.69) is 19.2 Å². The number of amides is 1. The molecule has 1 heterocycles. The Morgan fingerprint density at radius 3 is 2.73 bits per heavy atom. The monoisotopic (exact) mass is 157 g/mol. The Labute approximate surface area is 67.1 Å². The second-order valence-corrected chi connectivity index (χ2v) is 3.79. The first-order valence-electron chi connectivity index (χ1n) is 3.99. The van der Waals surface area contributed by atoms with Gasteiger partial charge in [-0.1, -0.05) is 13.8 Å². The van der Waals surface area contributed by atoms with Crippen molar-refractivity contribution in [1.29, 1.82) is 0 Å². The number of cyclic esters (lactones) is 1. The summed E-state index contributed by atoms with van der Waals surface area (Å²) in [4.78, 5) is 10.7. The Kier molecular flexibility index (Phi) is 2.07. The van der Waals surface area contributed by atoms with Crippen LogP contribution in [-0.2, 0) is 4.74 Å². The van der Waals surface area contributed by atoms with Gasteiger partial charge in [0.15, 0.2) is 0 Å². The summed E-state index contributed by atoms with van der Waals surface area (Å²) in [6, 6.07) is 0. The summed E-state index contributed by atoms with van der Waals surface area (Å²) in [6.45, 7) is 6.85. The van der Waals surface area contributed by atoms with E-state index in [1.165, 1.54) is 0 Å². The quantitative estimate of drug-likeness (QED) is 0.660. The molecule has 0 aromatic rings. The first-order chi connectivity index (χ1) is 5.02. The van der Waals surface area contributed by atoms with E-state index in [1.807, 2.05) is 6.92 Å². The zero-order valence-corrected chi connectivity index (χ0v) is 7.31. The normalized spacial score (nSPS) is 30.4. The lowest BCUT2D eigenvalue weighted by Gasteiger charge is -2.22. The number of carbonyl (C=O) groups is 1. The van der Waals surface area contributed by atoms with Crippen LogP contribution in [0.3, 0.4) is 0 Å². The molecular formula is C8H15NO2. The van der Waals surface area contributed by atoms with E-state index in [0.29, 0.717) is 12.5 Å². The Bertz CT molecular complexity index is 167. The molecule has 0 aromatic heterocycles. The van der Waals surface area contributed by atoms with E-state index in [-0.39, 0.29) is 11.7 Å². The average molecular weight is 157 g/mol. The SMILES string of the molecule is CC(C)C[C@]1(C)CNC(=O)O1. The van der Waals surface area contributed by atoms with Crippen molar-refractivity contribution in [3.05, 3.63) is 0 Å². The van der Waals surface area contributed by atoms with Crippen LogP contribution in [-0.4, -0.2) is 18.2 Å². The summed E-state index contributed by atoms with van der Waals surface area (Å²) in [5.74, 6) is 0.563. The van der Waals surface area contributed by atoms with Crippen molar-refractivity contribution in [3.63, 3.8) is 0 Å². The van der Waals surface area contributed by atoms with Crippen LogP contribution >= 0.6 is 0 Å². The topological polar surface area (TPSA) is 38.3 Å². The lowest BCUT2D eigenvalue weighted by Crippen LogP contribution is -2.30. The largest absolute Gasteiger partial charge is 0.441 e. The van der Waals surface area contributed by atoms with Crippen LogP contribution in [0.4, 0.5) is 4.79 Å². The molecule has 1 aliphatic rings. The van der Waals surface area contributed by atoms with Gasteiger partial charge in [-0.3, -0.25) is 0 Å². The van der Waals surface area contributed by atoms with Gasteiger partial charge < -0.3 is 10.1 Å². The maximum Gasteiger partial charge on any atom is 0.407 e. The Morgan fingerprint density at radius 1 is 1.73 bits per heavy atom. The minimum Gasteiger partial charge on any atom is -0.441 e. The first-order valence-corrected chi connectivity index (χ1v) is 3.99. The standard InChI is InChI=1S/C8H15NO2/c1-6(2)4-8(3)5-9-7(10)11-8/h6H,4-5H2,1-3H3,(H,9,10)/t8-/m1/s1. The minimum atomic E-state index is -0.284. The predicted molar refractivity (Wildman–Crippen MR) is 42.3 cm³/mol. The molecule has 3 heteroatoms. The molecule has 0 bridgehead atoms. The third-order valence-electron chi connectivity index (χ3n) is 1.79. The second-order valence-electron chi connectivity index (χ2n) is 3.79. The van der Waals surface area contributed by atoms with E-state index in [1.54, 1.807) is 0 Å². The highest BCUT2D eigenvalue weighted by atomic mass is 16.6. The maximum atomic E-state index is 10.7. The minimum absolute atomic E-state index is 0.273. The highest BCUT2D eigenvalue weighted by molar-refractivity contribution is 5.70. The zero-order chi connectivity index (χ0) is 8.48. The molecule has 0 radical (unpaired) electrons. The summed E-state index contributed by atoms with van der Waals surface area (Å²) < 4.78 is 5.11. The zero-order valence-electron chi connectivity index (χ0n) is 7.31. The molecule has 0 saturated carbocycles. The number of nitrogens with one attached hydrogen (secondary N) is 1.